The average molecular weight is 377 g/mol. The molecule has 0 aliphatic heterocycles. The standard InChI is InChI=1S/C16H23N3O2.C4H9NO/c1-11-4-9-14(21-3)15(17)16(11)19(18)10-12-5-7-13(20-2)8-6-12;1-4(2)5-3-6/h5-8,14H,1,4,9-10,17-18H2,2-3H3;3-4H,1-2H3,(H,5,6). The van der Waals surface area contributed by atoms with Crippen molar-refractivity contribution in [3.63, 3.8) is 0 Å². The fraction of sp³-hybridized carbons (Fsp3) is 0.450. The highest BCUT2D eigenvalue weighted by molar-refractivity contribution is 5.46. The van der Waals surface area contributed by atoms with Crippen LogP contribution in [0.2, 0.25) is 0 Å². The zero-order valence-corrected chi connectivity index (χ0v) is 16.7. The van der Waals surface area contributed by atoms with Crippen LogP contribution in [0, 0.1) is 0 Å². The lowest BCUT2D eigenvalue weighted by atomic mass is 9.94. The SMILES string of the molecule is C=C1CCC(OC)C(N)=C1N(N)Cc1ccc(OC)cc1.CC(C)NC=O. The van der Waals surface area contributed by atoms with Gasteiger partial charge in [0.2, 0.25) is 6.41 Å². The molecular formula is C20H32N4O3. The lowest BCUT2D eigenvalue weighted by molar-refractivity contribution is -0.109. The van der Waals surface area contributed by atoms with Crippen LogP contribution in [0.25, 0.3) is 0 Å². The van der Waals surface area contributed by atoms with E-state index in [1.165, 1.54) is 0 Å². The van der Waals surface area contributed by atoms with Crippen molar-refractivity contribution in [1.82, 2.24) is 10.3 Å². The number of hydrazine groups is 1. The van der Waals surface area contributed by atoms with E-state index in [-0.39, 0.29) is 12.1 Å². The fourth-order valence-corrected chi connectivity index (χ4v) is 2.69. The molecule has 1 atom stereocenters. The van der Waals surface area contributed by atoms with Gasteiger partial charge in [-0.1, -0.05) is 18.7 Å². The number of nitrogens with one attached hydrogen (secondary N) is 1. The second kappa shape index (κ2) is 11.3. The molecule has 0 aromatic heterocycles. The molecule has 0 heterocycles. The van der Waals surface area contributed by atoms with Crippen molar-refractivity contribution < 1.29 is 14.3 Å². The average Bonchev–Trinajstić information content (AvgIpc) is 2.63. The summed E-state index contributed by atoms with van der Waals surface area (Å²) in [6, 6.07) is 8.06. The number of methoxy groups -OCH3 is 2. The van der Waals surface area contributed by atoms with Gasteiger partial charge in [0.1, 0.15) is 5.75 Å². The van der Waals surface area contributed by atoms with E-state index in [4.69, 9.17) is 21.1 Å². The summed E-state index contributed by atoms with van der Waals surface area (Å²) in [4.78, 5) is 9.50. The Morgan fingerprint density at radius 1 is 1.33 bits per heavy atom. The smallest absolute Gasteiger partial charge is 0.207 e. The van der Waals surface area contributed by atoms with Gasteiger partial charge in [0.05, 0.1) is 31.2 Å². The molecule has 1 aliphatic carbocycles. The number of nitrogens with zero attached hydrogens (tertiary/aromatic N) is 1. The predicted octanol–water partition coefficient (Wildman–Crippen LogP) is 2.05. The van der Waals surface area contributed by atoms with Gasteiger partial charge < -0.3 is 25.5 Å². The zero-order chi connectivity index (χ0) is 20.4. The van der Waals surface area contributed by atoms with Crippen molar-refractivity contribution in [1.29, 1.82) is 0 Å². The maximum absolute atomic E-state index is 9.50. The van der Waals surface area contributed by atoms with Crippen LogP contribution in [0.3, 0.4) is 0 Å². The minimum absolute atomic E-state index is 0.0904. The van der Waals surface area contributed by atoms with E-state index in [2.05, 4.69) is 11.9 Å². The highest BCUT2D eigenvalue weighted by Gasteiger charge is 2.25. The summed E-state index contributed by atoms with van der Waals surface area (Å²) >= 11 is 0. The summed E-state index contributed by atoms with van der Waals surface area (Å²) in [5, 5.41) is 4.17. The van der Waals surface area contributed by atoms with Gasteiger partial charge >= 0.3 is 0 Å². The summed E-state index contributed by atoms with van der Waals surface area (Å²) in [6.07, 6.45) is 2.30. The van der Waals surface area contributed by atoms with Gasteiger partial charge in [-0.2, -0.15) is 0 Å². The first kappa shape index (κ1) is 22.5. The van der Waals surface area contributed by atoms with Gasteiger partial charge in [0.25, 0.3) is 0 Å². The molecule has 0 fully saturated rings. The molecule has 7 heteroatoms. The maximum Gasteiger partial charge on any atom is 0.207 e. The van der Waals surface area contributed by atoms with Crippen molar-refractivity contribution in [2.45, 2.75) is 45.4 Å². The van der Waals surface area contributed by atoms with E-state index in [9.17, 15) is 4.79 Å². The minimum Gasteiger partial charge on any atom is -0.497 e. The number of benzene rings is 1. The fourth-order valence-electron chi connectivity index (χ4n) is 2.69. The van der Waals surface area contributed by atoms with Crippen LogP contribution >= 0.6 is 0 Å². The van der Waals surface area contributed by atoms with Crippen molar-refractivity contribution in [3.8, 4) is 5.75 Å². The Morgan fingerprint density at radius 3 is 2.41 bits per heavy atom. The highest BCUT2D eigenvalue weighted by Crippen LogP contribution is 2.29. The van der Waals surface area contributed by atoms with Crippen LogP contribution in [0.15, 0.2) is 47.8 Å². The van der Waals surface area contributed by atoms with E-state index in [1.54, 1.807) is 19.2 Å². The Bertz CT molecular complexity index is 641. The molecule has 1 amide bonds. The number of allylic oxidation sites excluding steroid dienone is 1. The maximum atomic E-state index is 9.50. The molecule has 1 aliphatic rings. The molecule has 1 unspecified atom stereocenters. The third-order valence-electron chi connectivity index (χ3n) is 4.15. The number of carbonyl (C=O) groups excluding carboxylic acids is 1. The number of rotatable bonds is 7. The van der Waals surface area contributed by atoms with Gasteiger partial charge in [0.15, 0.2) is 0 Å². The van der Waals surface area contributed by atoms with E-state index in [0.29, 0.717) is 18.7 Å². The van der Waals surface area contributed by atoms with Crippen LogP contribution in [-0.2, 0) is 16.1 Å². The van der Waals surface area contributed by atoms with Crippen LogP contribution in [0.4, 0.5) is 0 Å². The topological polar surface area (TPSA) is 103 Å². The molecule has 5 N–H and O–H groups in total. The van der Waals surface area contributed by atoms with E-state index in [1.807, 2.05) is 38.1 Å². The van der Waals surface area contributed by atoms with Crippen LogP contribution in [0.1, 0.15) is 32.3 Å². The number of hydrogen-bond acceptors (Lipinski definition) is 6. The summed E-state index contributed by atoms with van der Waals surface area (Å²) in [5.41, 5.74) is 9.66. The largest absolute Gasteiger partial charge is 0.497 e. The summed E-state index contributed by atoms with van der Waals surface area (Å²) in [7, 11) is 3.31. The van der Waals surface area contributed by atoms with Crippen LogP contribution in [0.5, 0.6) is 5.75 Å². The van der Waals surface area contributed by atoms with E-state index < -0.39 is 0 Å². The summed E-state index contributed by atoms with van der Waals surface area (Å²) < 4.78 is 10.5. The second-order valence-corrected chi connectivity index (χ2v) is 6.59. The first-order chi connectivity index (χ1) is 12.8. The first-order valence-electron chi connectivity index (χ1n) is 8.89. The summed E-state index contributed by atoms with van der Waals surface area (Å²) in [5.74, 6) is 7.02. The highest BCUT2D eigenvalue weighted by atomic mass is 16.5. The third kappa shape index (κ3) is 6.96. The lowest BCUT2D eigenvalue weighted by Gasteiger charge is -2.32. The molecule has 1 aromatic carbocycles. The van der Waals surface area contributed by atoms with Crippen LogP contribution in [-0.4, -0.2) is 37.8 Å². The van der Waals surface area contributed by atoms with Crippen LogP contribution < -0.4 is 21.6 Å². The molecule has 0 saturated heterocycles. The quantitative estimate of drug-likeness (QED) is 0.382. The zero-order valence-electron chi connectivity index (χ0n) is 16.7. The molecule has 150 valence electrons. The molecule has 0 radical (unpaired) electrons. The molecule has 7 nitrogen and oxygen atoms in total. The first-order valence-corrected chi connectivity index (χ1v) is 8.89. The normalized spacial score (nSPS) is 16.5. The monoisotopic (exact) mass is 376 g/mol. The van der Waals surface area contributed by atoms with Gasteiger partial charge in [-0.25, -0.2) is 5.84 Å². The predicted molar refractivity (Wildman–Crippen MR) is 107 cm³/mol. The second-order valence-electron chi connectivity index (χ2n) is 6.59. The van der Waals surface area contributed by atoms with E-state index >= 15 is 0 Å². The Morgan fingerprint density at radius 2 is 1.96 bits per heavy atom. The van der Waals surface area contributed by atoms with Gasteiger partial charge in [-0.15, -0.1) is 0 Å². The van der Waals surface area contributed by atoms with Crippen molar-refractivity contribution >= 4 is 6.41 Å². The molecule has 0 bridgehead atoms. The Balaban J connectivity index is 0.000000527. The van der Waals surface area contributed by atoms with Gasteiger partial charge in [-0.3, -0.25) is 4.79 Å². The number of hydrogen-bond donors (Lipinski definition) is 3. The third-order valence-corrected chi connectivity index (χ3v) is 4.15. The molecule has 0 saturated carbocycles. The number of ether oxygens (including phenoxy) is 2. The van der Waals surface area contributed by atoms with Crippen molar-refractivity contribution in [2.75, 3.05) is 14.2 Å². The Hall–Kier alpha value is -2.51. The Labute approximate surface area is 162 Å². The van der Waals surface area contributed by atoms with Gasteiger partial charge in [0, 0.05) is 13.2 Å². The van der Waals surface area contributed by atoms with Crippen molar-refractivity contribution in [3.05, 3.63) is 53.4 Å². The number of nitrogens with two attached hydrogens (primary N) is 2. The van der Waals surface area contributed by atoms with Gasteiger partial charge in [-0.05, 0) is 50.0 Å². The lowest BCUT2D eigenvalue weighted by Crippen LogP contribution is -2.38. The summed E-state index contributed by atoms with van der Waals surface area (Å²) in [6.45, 7) is 8.44. The van der Waals surface area contributed by atoms with E-state index in [0.717, 1.165) is 35.4 Å². The molecule has 27 heavy (non-hydrogen) atoms. The van der Waals surface area contributed by atoms with Crippen molar-refractivity contribution in [2.24, 2.45) is 11.6 Å². The number of amides is 1. The number of carbonyl (C=O) groups is 1. The molecule has 2 rings (SSSR count). The molecule has 0 spiro atoms. The molecule has 1 aromatic rings. The minimum atomic E-state index is -0.0904. The molecular weight excluding hydrogens is 344 g/mol. The Kier molecular flexibility index (Phi) is 9.39.